The van der Waals surface area contributed by atoms with Crippen molar-refractivity contribution in [1.82, 2.24) is 19.7 Å². The number of hydrogen-bond donors (Lipinski definition) is 2. The minimum atomic E-state index is 0.468. The molecular weight excluding hydrogens is 268 g/mol. The van der Waals surface area contributed by atoms with Crippen molar-refractivity contribution < 1.29 is 4.74 Å². The molecule has 3 rings (SSSR count). The van der Waals surface area contributed by atoms with Crippen molar-refractivity contribution in [2.24, 2.45) is 7.05 Å². The van der Waals surface area contributed by atoms with Gasteiger partial charge in [-0.25, -0.2) is 0 Å². The van der Waals surface area contributed by atoms with Crippen LogP contribution >= 0.6 is 0 Å². The number of ether oxygens (including phenoxy) is 1. The Balaban J connectivity index is 1.49. The molecule has 0 spiro atoms. The van der Waals surface area contributed by atoms with Crippen molar-refractivity contribution in [2.45, 2.75) is 38.2 Å². The van der Waals surface area contributed by atoms with Crippen LogP contribution in [0.25, 0.3) is 11.0 Å². The molecule has 21 heavy (non-hydrogen) atoms. The molecule has 0 aromatic carbocycles. The van der Waals surface area contributed by atoms with Crippen molar-refractivity contribution in [3.8, 4) is 0 Å². The van der Waals surface area contributed by atoms with E-state index in [2.05, 4.69) is 20.4 Å². The zero-order valence-corrected chi connectivity index (χ0v) is 12.4. The monoisotopic (exact) mass is 290 g/mol. The molecule has 0 bridgehead atoms. The third kappa shape index (κ3) is 3.24. The molecule has 1 aliphatic rings. The second kappa shape index (κ2) is 6.26. The van der Waals surface area contributed by atoms with Crippen LogP contribution in [0.1, 0.15) is 32.1 Å². The molecule has 0 amide bonds. The van der Waals surface area contributed by atoms with E-state index in [1.165, 1.54) is 12.8 Å². The van der Waals surface area contributed by atoms with E-state index in [0.717, 1.165) is 43.4 Å². The first kappa shape index (κ1) is 14.1. The van der Waals surface area contributed by atoms with E-state index in [0.29, 0.717) is 17.9 Å². The minimum absolute atomic E-state index is 0.468. The molecule has 2 aromatic rings. The maximum absolute atomic E-state index is 5.92. The highest BCUT2D eigenvalue weighted by molar-refractivity contribution is 5.86. The maximum atomic E-state index is 5.92. The highest BCUT2D eigenvalue weighted by Gasteiger charge is 2.14. The van der Waals surface area contributed by atoms with E-state index in [1.807, 2.05) is 7.05 Å². The lowest BCUT2D eigenvalue weighted by molar-refractivity contribution is 0.102. The summed E-state index contributed by atoms with van der Waals surface area (Å²) in [6.45, 7) is 1.77. The van der Waals surface area contributed by atoms with Gasteiger partial charge in [0, 0.05) is 20.2 Å². The second-order valence-corrected chi connectivity index (χ2v) is 5.50. The van der Waals surface area contributed by atoms with Gasteiger partial charge in [0.2, 0.25) is 5.95 Å². The molecule has 3 N–H and O–H groups in total. The summed E-state index contributed by atoms with van der Waals surface area (Å²) in [5.74, 6) is 1.04. The van der Waals surface area contributed by atoms with Crippen LogP contribution in [0.5, 0.6) is 0 Å². The Kier molecular flexibility index (Phi) is 4.19. The normalized spacial score (nSPS) is 18.4. The van der Waals surface area contributed by atoms with Gasteiger partial charge in [0.1, 0.15) is 5.82 Å². The Hall–Kier alpha value is -1.89. The molecular formula is C14H22N6O. The summed E-state index contributed by atoms with van der Waals surface area (Å²) in [6, 6.07) is 0. The Labute approximate surface area is 123 Å². The highest BCUT2D eigenvalue weighted by Crippen LogP contribution is 2.19. The quantitative estimate of drug-likeness (QED) is 0.787. The number of rotatable bonds is 6. The zero-order chi connectivity index (χ0) is 14.7. The molecule has 1 saturated heterocycles. The summed E-state index contributed by atoms with van der Waals surface area (Å²) in [5, 5.41) is 8.17. The molecule has 0 aliphatic carbocycles. The molecule has 1 aliphatic heterocycles. The Bertz CT molecular complexity index is 605. The number of aryl methyl sites for hydroxylation is 1. The molecule has 3 heterocycles. The topological polar surface area (TPSA) is 90.9 Å². The first-order chi connectivity index (χ1) is 10.2. The predicted octanol–water partition coefficient (Wildman–Crippen LogP) is 1.71. The fourth-order valence-electron chi connectivity index (χ4n) is 2.69. The fourth-order valence-corrected chi connectivity index (χ4v) is 2.69. The highest BCUT2D eigenvalue weighted by atomic mass is 16.5. The molecule has 7 heteroatoms. The van der Waals surface area contributed by atoms with Crippen LogP contribution in [0.2, 0.25) is 0 Å². The number of anilines is 2. The van der Waals surface area contributed by atoms with Gasteiger partial charge in [0.15, 0.2) is 5.65 Å². The standard InChI is InChI=1S/C14H22N6O/c1-20-13-11(9-17-20)12(15)18-14(19-13)16-7-3-2-5-10-6-4-8-21-10/h9-10H,2-8H2,1H3,(H3,15,16,18,19). The molecule has 2 aromatic heterocycles. The second-order valence-electron chi connectivity index (χ2n) is 5.50. The van der Waals surface area contributed by atoms with Crippen LogP contribution in [0.4, 0.5) is 11.8 Å². The van der Waals surface area contributed by atoms with Crippen LogP contribution in [-0.4, -0.2) is 39.0 Å². The third-order valence-corrected chi connectivity index (χ3v) is 3.88. The average molecular weight is 290 g/mol. The number of nitrogen functional groups attached to an aromatic ring is 1. The zero-order valence-electron chi connectivity index (χ0n) is 12.4. The van der Waals surface area contributed by atoms with Gasteiger partial charge in [-0.05, 0) is 32.1 Å². The lowest BCUT2D eigenvalue weighted by Gasteiger charge is -2.09. The van der Waals surface area contributed by atoms with Gasteiger partial charge in [0.25, 0.3) is 0 Å². The van der Waals surface area contributed by atoms with E-state index in [-0.39, 0.29) is 0 Å². The molecule has 0 radical (unpaired) electrons. The molecule has 114 valence electrons. The van der Waals surface area contributed by atoms with Crippen LogP contribution in [0.15, 0.2) is 6.20 Å². The molecule has 1 unspecified atom stereocenters. The van der Waals surface area contributed by atoms with Crippen LogP contribution in [0, 0.1) is 0 Å². The third-order valence-electron chi connectivity index (χ3n) is 3.88. The van der Waals surface area contributed by atoms with Gasteiger partial charge in [-0.3, -0.25) is 4.68 Å². The SMILES string of the molecule is Cn1ncc2c(N)nc(NCCCCC3CCCO3)nc21. The smallest absolute Gasteiger partial charge is 0.226 e. The summed E-state index contributed by atoms with van der Waals surface area (Å²) in [4.78, 5) is 8.71. The van der Waals surface area contributed by atoms with Crippen LogP contribution < -0.4 is 11.1 Å². The molecule has 0 saturated carbocycles. The number of nitrogens with two attached hydrogens (primary N) is 1. The van der Waals surface area contributed by atoms with Gasteiger partial charge in [-0.1, -0.05) is 0 Å². The predicted molar refractivity (Wildman–Crippen MR) is 82.0 cm³/mol. The van der Waals surface area contributed by atoms with E-state index >= 15 is 0 Å². The van der Waals surface area contributed by atoms with Crippen molar-refractivity contribution in [2.75, 3.05) is 24.2 Å². The number of nitrogens with zero attached hydrogens (tertiary/aromatic N) is 4. The Morgan fingerprint density at radius 1 is 1.43 bits per heavy atom. The molecule has 1 fully saturated rings. The Morgan fingerprint density at radius 2 is 2.33 bits per heavy atom. The minimum Gasteiger partial charge on any atom is -0.383 e. The lowest BCUT2D eigenvalue weighted by Crippen LogP contribution is -2.09. The van der Waals surface area contributed by atoms with Crippen LogP contribution in [0.3, 0.4) is 0 Å². The van der Waals surface area contributed by atoms with E-state index in [1.54, 1.807) is 10.9 Å². The summed E-state index contributed by atoms with van der Waals surface area (Å²) < 4.78 is 7.32. The van der Waals surface area contributed by atoms with Crippen molar-refractivity contribution in [1.29, 1.82) is 0 Å². The van der Waals surface area contributed by atoms with Gasteiger partial charge >= 0.3 is 0 Å². The number of fused-ring (bicyclic) bond motifs is 1. The number of hydrogen-bond acceptors (Lipinski definition) is 6. The number of unbranched alkanes of at least 4 members (excludes halogenated alkanes) is 1. The summed E-state index contributed by atoms with van der Waals surface area (Å²) in [6.07, 6.45) is 7.96. The van der Waals surface area contributed by atoms with Gasteiger partial charge < -0.3 is 15.8 Å². The van der Waals surface area contributed by atoms with E-state index in [4.69, 9.17) is 10.5 Å². The average Bonchev–Trinajstić information content (AvgIpc) is 3.10. The lowest BCUT2D eigenvalue weighted by atomic mass is 10.1. The molecule has 7 nitrogen and oxygen atoms in total. The number of nitrogens with one attached hydrogen (secondary N) is 1. The van der Waals surface area contributed by atoms with Gasteiger partial charge in [-0.2, -0.15) is 15.1 Å². The largest absolute Gasteiger partial charge is 0.383 e. The van der Waals surface area contributed by atoms with Crippen molar-refractivity contribution >= 4 is 22.8 Å². The summed E-state index contributed by atoms with van der Waals surface area (Å²) >= 11 is 0. The van der Waals surface area contributed by atoms with Crippen LogP contribution in [-0.2, 0) is 11.8 Å². The van der Waals surface area contributed by atoms with Crippen molar-refractivity contribution in [3.05, 3.63) is 6.20 Å². The summed E-state index contributed by atoms with van der Waals surface area (Å²) in [5.41, 5.74) is 6.68. The molecule has 1 atom stereocenters. The Morgan fingerprint density at radius 3 is 3.14 bits per heavy atom. The van der Waals surface area contributed by atoms with Gasteiger partial charge in [0.05, 0.1) is 17.7 Å². The van der Waals surface area contributed by atoms with E-state index in [9.17, 15) is 0 Å². The van der Waals surface area contributed by atoms with Crippen molar-refractivity contribution in [3.63, 3.8) is 0 Å². The van der Waals surface area contributed by atoms with E-state index < -0.39 is 0 Å². The fraction of sp³-hybridized carbons (Fsp3) is 0.643. The number of aromatic nitrogens is 4. The first-order valence-electron chi connectivity index (χ1n) is 7.55. The van der Waals surface area contributed by atoms with Gasteiger partial charge in [-0.15, -0.1) is 0 Å². The first-order valence-corrected chi connectivity index (χ1v) is 7.55. The summed E-state index contributed by atoms with van der Waals surface area (Å²) in [7, 11) is 1.85. The maximum Gasteiger partial charge on any atom is 0.226 e.